The van der Waals surface area contributed by atoms with E-state index in [0.29, 0.717) is 13.0 Å². The molecule has 2 aromatic rings. The number of ether oxygens (including phenoxy) is 2. The van der Waals surface area contributed by atoms with Crippen LogP contribution in [0.25, 0.3) is 0 Å². The summed E-state index contributed by atoms with van der Waals surface area (Å²) in [7, 11) is 0. The smallest absolute Gasteiger partial charge is 0.319 e. The number of hydrogen-bond donors (Lipinski definition) is 0. The number of carbonyl (C=O) groups is 1. The maximum Gasteiger partial charge on any atom is 0.319 e. The molecule has 0 spiro atoms. The van der Waals surface area contributed by atoms with Crippen LogP contribution in [0.5, 0.6) is 5.75 Å². The van der Waals surface area contributed by atoms with Crippen molar-refractivity contribution in [1.29, 1.82) is 0 Å². The van der Waals surface area contributed by atoms with Crippen LogP contribution in [0.4, 0.5) is 0 Å². The summed E-state index contributed by atoms with van der Waals surface area (Å²) in [6, 6.07) is 17.8. The van der Waals surface area contributed by atoms with Crippen LogP contribution in [0.3, 0.4) is 0 Å². The van der Waals surface area contributed by atoms with Crippen molar-refractivity contribution in [2.75, 3.05) is 6.61 Å². The van der Waals surface area contributed by atoms with Crippen molar-refractivity contribution in [1.82, 2.24) is 0 Å². The normalized spacial score (nSPS) is 20.7. The van der Waals surface area contributed by atoms with Gasteiger partial charge in [-0.05, 0) is 31.2 Å². The zero-order valence-electron chi connectivity index (χ0n) is 12.4. The van der Waals surface area contributed by atoms with Gasteiger partial charge >= 0.3 is 5.97 Å². The molecule has 22 heavy (non-hydrogen) atoms. The fraction of sp³-hybridized carbons (Fsp3) is 0.278. The third-order valence-corrected chi connectivity index (χ3v) is 4.71. The highest BCUT2D eigenvalue weighted by atomic mass is 32.2. The van der Waals surface area contributed by atoms with Crippen LogP contribution in [-0.4, -0.2) is 23.9 Å². The summed E-state index contributed by atoms with van der Waals surface area (Å²) in [5.74, 6) is 0.659. The van der Waals surface area contributed by atoms with Gasteiger partial charge in [0.1, 0.15) is 23.7 Å². The molecule has 2 atom stereocenters. The van der Waals surface area contributed by atoms with Gasteiger partial charge in [0.2, 0.25) is 0 Å². The summed E-state index contributed by atoms with van der Waals surface area (Å²) in [6.07, 6.45) is 0.513. The summed E-state index contributed by atoms with van der Waals surface area (Å²) >= 11 is 1.56. The third-order valence-electron chi connectivity index (χ3n) is 3.50. The molecule has 114 valence electrons. The van der Waals surface area contributed by atoms with Crippen molar-refractivity contribution in [3.8, 4) is 5.75 Å². The lowest BCUT2D eigenvalue weighted by molar-refractivity contribution is -0.142. The van der Waals surface area contributed by atoms with Crippen LogP contribution < -0.4 is 4.74 Å². The molecule has 4 heteroatoms. The zero-order chi connectivity index (χ0) is 15.4. The minimum absolute atomic E-state index is 0.144. The number of esters is 1. The Morgan fingerprint density at radius 2 is 1.86 bits per heavy atom. The van der Waals surface area contributed by atoms with Gasteiger partial charge in [-0.3, -0.25) is 4.79 Å². The number of hydrogen-bond acceptors (Lipinski definition) is 4. The summed E-state index contributed by atoms with van der Waals surface area (Å²) < 4.78 is 11.1. The Hall–Kier alpha value is -1.94. The van der Waals surface area contributed by atoms with E-state index in [4.69, 9.17) is 9.47 Å². The van der Waals surface area contributed by atoms with E-state index in [1.807, 2.05) is 61.5 Å². The van der Waals surface area contributed by atoms with Crippen molar-refractivity contribution in [2.45, 2.75) is 29.6 Å². The van der Waals surface area contributed by atoms with Gasteiger partial charge in [-0.25, -0.2) is 0 Å². The Kier molecular flexibility index (Phi) is 4.68. The third kappa shape index (κ3) is 3.83. The first-order chi connectivity index (χ1) is 10.7. The van der Waals surface area contributed by atoms with Crippen molar-refractivity contribution in [3.63, 3.8) is 0 Å². The Balaban J connectivity index is 1.52. The zero-order valence-corrected chi connectivity index (χ0v) is 13.2. The second-order valence-corrected chi connectivity index (χ2v) is 6.61. The number of benzene rings is 2. The SMILES string of the molecule is Cc1ccc(OCC2CC(Sc3ccccc3)C(=O)O2)cc1. The van der Waals surface area contributed by atoms with Gasteiger partial charge < -0.3 is 9.47 Å². The van der Waals surface area contributed by atoms with Crippen LogP contribution in [-0.2, 0) is 9.53 Å². The lowest BCUT2D eigenvalue weighted by Gasteiger charge is -2.11. The van der Waals surface area contributed by atoms with E-state index in [1.165, 1.54) is 5.56 Å². The molecule has 1 aliphatic heterocycles. The standard InChI is InChI=1S/C18H18O3S/c1-13-7-9-14(10-8-13)20-12-15-11-17(18(19)21-15)22-16-5-3-2-4-6-16/h2-10,15,17H,11-12H2,1H3. The first-order valence-corrected chi connectivity index (χ1v) is 8.20. The molecule has 0 bridgehead atoms. The van der Waals surface area contributed by atoms with E-state index in [0.717, 1.165) is 10.6 Å². The van der Waals surface area contributed by atoms with Gasteiger partial charge in [-0.15, -0.1) is 11.8 Å². The highest BCUT2D eigenvalue weighted by molar-refractivity contribution is 8.00. The van der Waals surface area contributed by atoms with E-state index >= 15 is 0 Å². The number of thioether (sulfide) groups is 1. The highest BCUT2D eigenvalue weighted by Crippen LogP contribution is 2.32. The number of aryl methyl sites for hydroxylation is 1. The van der Waals surface area contributed by atoms with Gasteiger partial charge in [-0.1, -0.05) is 35.9 Å². The number of rotatable bonds is 5. The fourth-order valence-corrected chi connectivity index (χ4v) is 3.41. The Bertz CT molecular complexity index is 625. The van der Waals surface area contributed by atoms with Gasteiger partial charge in [0.15, 0.2) is 0 Å². The van der Waals surface area contributed by atoms with E-state index in [9.17, 15) is 4.79 Å². The van der Waals surface area contributed by atoms with Crippen molar-refractivity contribution >= 4 is 17.7 Å². The fourth-order valence-electron chi connectivity index (χ4n) is 2.31. The summed E-state index contributed by atoms with van der Waals surface area (Å²) in [5.41, 5.74) is 1.19. The summed E-state index contributed by atoms with van der Waals surface area (Å²) in [6.45, 7) is 2.44. The van der Waals surface area contributed by atoms with Gasteiger partial charge in [0, 0.05) is 11.3 Å². The molecule has 3 rings (SSSR count). The molecule has 1 aliphatic rings. The molecule has 1 saturated heterocycles. The monoisotopic (exact) mass is 314 g/mol. The molecule has 0 aliphatic carbocycles. The van der Waals surface area contributed by atoms with Gasteiger partial charge in [-0.2, -0.15) is 0 Å². The van der Waals surface area contributed by atoms with Crippen molar-refractivity contribution in [2.24, 2.45) is 0 Å². The molecule has 3 nitrogen and oxygen atoms in total. The molecule has 0 saturated carbocycles. The van der Waals surface area contributed by atoms with Crippen LogP contribution in [0.1, 0.15) is 12.0 Å². The largest absolute Gasteiger partial charge is 0.490 e. The second kappa shape index (κ2) is 6.88. The molecule has 0 aromatic heterocycles. The minimum atomic E-state index is -0.171. The van der Waals surface area contributed by atoms with E-state index in [1.54, 1.807) is 11.8 Å². The van der Waals surface area contributed by atoms with E-state index in [2.05, 4.69) is 0 Å². The van der Waals surface area contributed by atoms with Crippen LogP contribution in [0, 0.1) is 6.92 Å². The first kappa shape index (κ1) is 15.0. The molecular formula is C18H18O3S. The quantitative estimate of drug-likeness (QED) is 0.785. The van der Waals surface area contributed by atoms with Gasteiger partial charge in [0.05, 0.1) is 0 Å². The van der Waals surface area contributed by atoms with Crippen molar-refractivity contribution < 1.29 is 14.3 Å². The molecular weight excluding hydrogens is 296 g/mol. The van der Waals surface area contributed by atoms with Gasteiger partial charge in [0.25, 0.3) is 0 Å². The topological polar surface area (TPSA) is 35.5 Å². The predicted octanol–water partition coefficient (Wildman–Crippen LogP) is 3.85. The van der Waals surface area contributed by atoms with Crippen molar-refractivity contribution in [3.05, 3.63) is 60.2 Å². The molecule has 2 aromatic carbocycles. The molecule has 0 radical (unpaired) electrons. The lowest BCUT2D eigenvalue weighted by atomic mass is 10.2. The maximum absolute atomic E-state index is 11.9. The average molecular weight is 314 g/mol. The highest BCUT2D eigenvalue weighted by Gasteiger charge is 2.35. The second-order valence-electron chi connectivity index (χ2n) is 5.34. The Morgan fingerprint density at radius 3 is 2.59 bits per heavy atom. The number of carbonyl (C=O) groups excluding carboxylic acids is 1. The average Bonchev–Trinajstić information content (AvgIpc) is 2.88. The predicted molar refractivity (Wildman–Crippen MR) is 87.3 cm³/mol. The molecule has 1 heterocycles. The molecule has 0 N–H and O–H groups in total. The maximum atomic E-state index is 11.9. The molecule has 2 unspecified atom stereocenters. The minimum Gasteiger partial charge on any atom is -0.490 e. The lowest BCUT2D eigenvalue weighted by Crippen LogP contribution is -2.17. The first-order valence-electron chi connectivity index (χ1n) is 7.32. The molecule has 1 fully saturated rings. The van der Waals surface area contributed by atoms with Crippen LogP contribution in [0.15, 0.2) is 59.5 Å². The summed E-state index contributed by atoms with van der Waals surface area (Å²) in [4.78, 5) is 13.0. The van der Waals surface area contributed by atoms with Crippen LogP contribution in [0.2, 0.25) is 0 Å². The molecule has 0 amide bonds. The Morgan fingerprint density at radius 1 is 1.14 bits per heavy atom. The van der Waals surface area contributed by atoms with E-state index < -0.39 is 0 Å². The van der Waals surface area contributed by atoms with Crippen LogP contribution >= 0.6 is 11.8 Å². The van der Waals surface area contributed by atoms with E-state index in [-0.39, 0.29) is 17.3 Å². The number of cyclic esters (lactones) is 1. The summed E-state index contributed by atoms with van der Waals surface area (Å²) in [5, 5.41) is -0.144. The Labute approximate surface area is 134 Å².